The Morgan fingerprint density at radius 2 is 1.86 bits per heavy atom. The van der Waals surface area contributed by atoms with Gasteiger partial charge in [-0.25, -0.2) is 9.18 Å². The number of nitrogens with one attached hydrogen (secondary N) is 1. The number of rotatable bonds is 3. The van der Waals surface area contributed by atoms with Crippen LogP contribution in [0.2, 0.25) is 0 Å². The number of fused-ring (bicyclic) bond motifs is 1. The van der Waals surface area contributed by atoms with Crippen molar-refractivity contribution < 1.29 is 19.0 Å². The second-order valence-electron chi connectivity index (χ2n) is 6.71. The molecule has 9 heteroatoms. The number of halogens is 1. The molecule has 29 heavy (non-hydrogen) atoms. The zero-order valence-corrected chi connectivity index (χ0v) is 15.4. The fourth-order valence-corrected chi connectivity index (χ4v) is 3.47. The number of benzene rings is 2. The summed E-state index contributed by atoms with van der Waals surface area (Å²) in [6.07, 6.45) is -0.327. The number of nitrogens with zero attached hydrogens (tertiary/aromatic N) is 2. The van der Waals surface area contributed by atoms with E-state index in [4.69, 9.17) is 10.8 Å². The average molecular weight is 398 g/mol. The number of nitrogen functional groups attached to an aromatic ring is 1. The van der Waals surface area contributed by atoms with Gasteiger partial charge in [0.1, 0.15) is 5.82 Å². The molecule has 4 N–H and O–H groups in total. The summed E-state index contributed by atoms with van der Waals surface area (Å²) in [7, 11) is 0. The van der Waals surface area contributed by atoms with Crippen molar-refractivity contribution in [3.05, 3.63) is 58.6 Å². The summed E-state index contributed by atoms with van der Waals surface area (Å²) < 4.78 is 21.1. The van der Waals surface area contributed by atoms with Crippen molar-refractivity contribution in [2.45, 2.75) is 0 Å². The summed E-state index contributed by atoms with van der Waals surface area (Å²) in [6.45, 7) is 2.73. The summed E-state index contributed by atoms with van der Waals surface area (Å²) >= 11 is 0. The SMILES string of the molecule is Nc1ccc(-n2cc(OC(=O)O)c(=O)c3cc(F)c(N4CCNCC4)cc32)cc1. The van der Waals surface area contributed by atoms with E-state index < -0.39 is 23.2 Å². The Labute approximate surface area is 164 Å². The largest absolute Gasteiger partial charge is 0.511 e. The van der Waals surface area contributed by atoms with Gasteiger partial charge in [0.15, 0.2) is 5.75 Å². The number of carboxylic acid groups (broad SMARTS) is 1. The van der Waals surface area contributed by atoms with E-state index in [2.05, 4.69) is 10.1 Å². The number of aromatic nitrogens is 1. The van der Waals surface area contributed by atoms with E-state index in [-0.39, 0.29) is 5.39 Å². The van der Waals surface area contributed by atoms with E-state index >= 15 is 0 Å². The highest BCUT2D eigenvalue weighted by Gasteiger charge is 2.20. The van der Waals surface area contributed by atoms with E-state index in [0.29, 0.717) is 35.7 Å². The van der Waals surface area contributed by atoms with Crippen molar-refractivity contribution in [3.8, 4) is 11.4 Å². The van der Waals surface area contributed by atoms with Gasteiger partial charge >= 0.3 is 6.16 Å². The van der Waals surface area contributed by atoms with Crippen molar-refractivity contribution >= 4 is 28.4 Å². The van der Waals surface area contributed by atoms with Crippen LogP contribution in [0.5, 0.6) is 5.75 Å². The summed E-state index contributed by atoms with van der Waals surface area (Å²) in [6, 6.07) is 9.54. The first-order valence-electron chi connectivity index (χ1n) is 9.05. The monoisotopic (exact) mass is 398 g/mol. The molecule has 3 aromatic rings. The molecular formula is C20H19FN4O4. The Balaban J connectivity index is 1.98. The predicted octanol–water partition coefficient (Wildman–Crippen LogP) is 2.18. The number of ether oxygens (including phenoxy) is 1. The lowest BCUT2D eigenvalue weighted by atomic mass is 10.1. The maximum Gasteiger partial charge on any atom is 0.511 e. The van der Waals surface area contributed by atoms with Gasteiger partial charge in [-0.2, -0.15) is 0 Å². The third kappa shape index (κ3) is 3.59. The fourth-order valence-electron chi connectivity index (χ4n) is 3.47. The molecule has 8 nitrogen and oxygen atoms in total. The van der Waals surface area contributed by atoms with E-state index in [0.717, 1.165) is 19.2 Å². The van der Waals surface area contributed by atoms with E-state index in [1.807, 2.05) is 4.90 Å². The minimum Gasteiger partial charge on any atom is -0.449 e. The summed E-state index contributed by atoms with van der Waals surface area (Å²) in [5, 5.41) is 12.2. The van der Waals surface area contributed by atoms with Crippen LogP contribution in [-0.2, 0) is 0 Å². The van der Waals surface area contributed by atoms with Gasteiger partial charge in [-0.05, 0) is 36.4 Å². The number of anilines is 2. The normalized spacial score (nSPS) is 14.2. The van der Waals surface area contributed by atoms with Crippen LogP contribution >= 0.6 is 0 Å². The smallest absolute Gasteiger partial charge is 0.449 e. The molecule has 0 saturated carbocycles. The molecule has 1 aliphatic rings. The number of piperazine rings is 1. The van der Waals surface area contributed by atoms with Gasteiger partial charge in [0, 0.05) is 37.6 Å². The topological polar surface area (TPSA) is 110 Å². The van der Waals surface area contributed by atoms with E-state index in [1.54, 1.807) is 34.9 Å². The van der Waals surface area contributed by atoms with Gasteiger partial charge in [-0.1, -0.05) is 0 Å². The molecule has 0 unspecified atom stereocenters. The summed E-state index contributed by atoms with van der Waals surface area (Å²) in [5.74, 6) is -0.955. The zero-order valence-electron chi connectivity index (χ0n) is 15.4. The van der Waals surface area contributed by atoms with Crippen LogP contribution in [-0.4, -0.2) is 42.0 Å². The fraction of sp³-hybridized carbons (Fsp3) is 0.200. The van der Waals surface area contributed by atoms with Gasteiger partial charge in [-0.3, -0.25) is 4.79 Å². The molecule has 1 aromatic heterocycles. The molecule has 0 atom stereocenters. The number of hydrogen-bond acceptors (Lipinski definition) is 6. The maximum atomic E-state index is 14.9. The van der Waals surface area contributed by atoms with Crippen LogP contribution < -0.4 is 26.1 Å². The lowest BCUT2D eigenvalue weighted by molar-refractivity contribution is 0.144. The molecule has 1 aliphatic heterocycles. The minimum atomic E-state index is -1.62. The maximum absolute atomic E-state index is 14.9. The number of carbonyl (C=O) groups is 1. The molecule has 2 heterocycles. The second-order valence-corrected chi connectivity index (χ2v) is 6.71. The highest BCUT2D eigenvalue weighted by Crippen LogP contribution is 2.28. The molecule has 1 saturated heterocycles. The zero-order chi connectivity index (χ0) is 20.5. The minimum absolute atomic E-state index is 0.0250. The van der Waals surface area contributed by atoms with Crippen LogP contribution in [0.15, 0.2) is 47.4 Å². The molecule has 0 amide bonds. The van der Waals surface area contributed by atoms with Gasteiger partial charge in [-0.15, -0.1) is 0 Å². The number of hydrogen-bond donors (Lipinski definition) is 3. The van der Waals surface area contributed by atoms with Crippen LogP contribution in [0.1, 0.15) is 0 Å². The van der Waals surface area contributed by atoms with Crippen LogP contribution in [0.4, 0.5) is 20.6 Å². The molecule has 2 aromatic carbocycles. The first kappa shape index (κ1) is 18.8. The standard InChI is InChI=1S/C20H19FN4O4/c21-15-9-14-16(10-17(15)24-7-5-23-6-8-24)25(13-3-1-12(22)2-4-13)11-18(19(14)26)29-20(27)28/h1-4,9-11,23H,5-8,22H2,(H,27,28). The lowest BCUT2D eigenvalue weighted by Gasteiger charge is -2.30. The third-order valence-electron chi connectivity index (χ3n) is 4.87. The van der Waals surface area contributed by atoms with Crippen molar-refractivity contribution in [3.63, 3.8) is 0 Å². The number of nitrogens with two attached hydrogens (primary N) is 1. The molecule has 150 valence electrons. The molecule has 0 bridgehead atoms. The van der Waals surface area contributed by atoms with Crippen molar-refractivity contribution in [2.24, 2.45) is 0 Å². The third-order valence-corrected chi connectivity index (χ3v) is 4.87. The summed E-state index contributed by atoms with van der Waals surface area (Å²) in [4.78, 5) is 25.6. The van der Waals surface area contributed by atoms with Crippen molar-refractivity contribution in [1.29, 1.82) is 0 Å². The van der Waals surface area contributed by atoms with Crippen LogP contribution in [0, 0.1) is 5.82 Å². The average Bonchev–Trinajstić information content (AvgIpc) is 2.71. The highest BCUT2D eigenvalue weighted by molar-refractivity contribution is 5.86. The summed E-state index contributed by atoms with van der Waals surface area (Å²) in [5.41, 5.74) is 7.05. The Morgan fingerprint density at radius 1 is 1.17 bits per heavy atom. The molecule has 0 spiro atoms. The van der Waals surface area contributed by atoms with Crippen molar-refractivity contribution in [2.75, 3.05) is 36.8 Å². The van der Waals surface area contributed by atoms with Gasteiger partial charge < -0.3 is 30.4 Å². The Bertz CT molecular complexity index is 1140. The number of pyridine rings is 1. The lowest BCUT2D eigenvalue weighted by Crippen LogP contribution is -2.43. The van der Waals surface area contributed by atoms with Gasteiger partial charge in [0.2, 0.25) is 5.43 Å². The van der Waals surface area contributed by atoms with Gasteiger partial charge in [0.05, 0.1) is 22.8 Å². The van der Waals surface area contributed by atoms with E-state index in [9.17, 15) is 14.0 Å². The molecule has 0 radical (unpaired) electrons. The first-order chi connectivity index (χ1) is 13.9. The predicted molar refractivity (Wildman–Crippen MR) is 108 cm³/mol. The molecule has 1 fully saturated rings. The first-order valence-corrected chi connectivity index (χ1v) is 9.05. The second kappa shape index (κ2) is 7.44. The molecule has 4 rings (SSSR count). The quantitative estimate of drug-likeness (QED) is 0.458. The Hall–Kier alpha value is -3.59. The van der Waals surface area contributed by atoms with Crippen LogP contribution in [0.3, 0.4) is 0 Å². The van der Waals surface area contributed by atoms with Crippen LogP contribution in [0.25, 0.3) is 16.6 Å². The molecular weight excluding hydrogens is 379 g/mol. The highest BCUT2D eigenvalue weighted by atomic mass is 19.1. The van der Waals surface area contributed by atoms with Gasteiger partial charge in [0.25, 0.3) is 0 Å². The van der Waals surface area contributed by atoms with E-state index in [1.165, 1.54) is 6.20 Å². The van der Waals surface area contributed by atoms with Crippen molar-refractivity contribution in [1.82, 2.24) is 9.88 Å². The Morgan fingerprint density at radius 3 is 2.52 bits per heavy atom. The Kier molecular flexibility index (Phi) is 4.81. The molecule has 0 aliphatic carbocycles.